The first-order valence-electron chi connectivity index (χ1n) is 8.83. The van der Waals surface area contributed by atoms with Gasteiger partial charge in [0, 0.05) is 23.8 Å². The van der Waals surface area contributed by atoms with Crippen LogP contribution in [0.5, 0.6) is 0 Å². The number of hydrogen-bond donors (Lipinski definition) is 1. The van der Waals surface area contributed by atoms with Crippen LogP contribution in [0.2, 0.25) is 0 Å². The largest absolute Gasteiger partial charge is 0.377 e. The maximum Gasteiger partial charge on any atom is 0.227 e. The fourth-order valence-electron chi connectivity index (χ4n) is 3.67. The highest BCUT2D eigenvalue weighted by Gasteiger charge is 2.30. The van der Waals surface area contributed by atoms with Crippen molar-refractivity contribution in [2.45, 2.75) is 51.5 Å². The normalized spacial score (nSPS) is 21.9. The summed E-state index contributed by atoms with van der Waals surface area (Å²) in [5.74, 6) is 0.380. The van der Waals surface area contributed by atoms with Crippen molar-refractivity contribution in [3.63, 3.8) is 0 Å². The van der Waals surface area contributed by atoms with Crippen LogP contribution in [-0.2, 0) is 9.53 Å². The van der Waals surface area contributed by atoms with Crippen molar-refractivity contribution in [1.82, 2.24) is 0 Å². The van der Waals surface area contributed by atoms with E-state index in [2.05, 4.69) is 36.2 Å². The summed E-state index contributed by atoms with van der Waals surface area (Å²) < 4.78 is 5.58. The molecular weight excluding hydrogens is 288 g/mol. The van der Waals surface area contributed by atoms with Crippen LogP contribution in [0.3, 0.4) is 0 Å². The first kappa shape index (κ1) is 16.3. The highest BCUT2D eigenvalue weighted by atomic mass is 16.5. The molecule has 4 heteroatoms. The fraction of sp³-hybridized carbons (Fsp3) is 0.632. The molecule has 0 spiro atoms. The zero-order valence-corrected chi connectivity index (χ0v) is 14.3. The zero-order valence-electron chi connectivity index (χ0n) is 14.3. The lowest BCUT2D eigenvalue weighted by atomic mass is 9.88. The van der Waals surface area contributed by atoms with Gasteiger partial charge in [-0.3, -0.25) is 4.79 Å². The van der Waals surface area contributed by atoms with E-state index in [1.807, 2.05) is 12.1 Å². The molecule has 1 saturated heterocycles. The summed E-state index contributed by atoms with van der Waals surface area (Å²) in [5.41, 5.74) is 2.09. The lowest BCUT2D eigenvalue weighted by Gasteiger charge is -2.43. The highest BCUT2D eigenvalue weighted by molar-refractivity contribution is 5.92. The van der Waals surface area contributed by atoms with Crippen molar-refractivity contribution in [2.75, 3.05) is 30.0 Å². The average molecular weight is 316 g/mol. The minimum Gasteiger partial charge on any atom is -0.377 e. The Balaban J connectivity index is 1.63. The Labute approximate surface area is 139 Å². The van der Waals surface area contributed by atoms with Gasteiger partial charge >= 0.3 is 0 Å². The molecule has 1 aromatic carbocycles. The standard InChI is InChI=1S/C19H28N2O2/c1-19(2)14-23-13-12-21(19)17-10-8-16(9-11-17)20-18(22)15-6-4-3-5-7-15/h8-11,15H,3-7,12-14H2,1-2H3,(H,20,22). The SMILES string of the molecule is CC1(C)COCCN1c1ccc(NC(=O)C2CCCCC2)cc1. The Bertz CT molecular complexity index is 533. The predicted molar refractivity (Wildman–Crippen MR) is 93.9 cm³/mol. The molecule has 0 radical (unpaired) electrons. The summed E-state index contributed by atoms with van der Waals surface area (Å²) >= 11 is 0. The molecule has 4 nitrogen and oxygen atoms in total. The molecule has 2 aliphatic rings. The Morgan fingerprint density at radius 1 is 1.17 bits per heavy atom. The van der Waals surface area contributed by atoms with E-state index in [0.29, 0.717) is 0 Å². The van der Waals surface area contributed by atoms with E-state index >= 15 is 0 Å². The van der Waals surface area contributed by atoms with Crippen molar-refractivity contribution < 1.29 is 9.53 Å². The van der Waals surface area contributed by atoms with E-state index in [1.54, 1.807) is 0 Å². The molecule has 1 aliphatic carbocycles. The molecule has 0 atom stereocenters. The van der Waals surface area contributed by atoms with Crippen LogP contribution in [0.1, 0.15) is 46.0 Å². The van der Waals surface area contributed by atoms with Crippen LogP contribution >= 0.6 is 0 Å². The van der Waals surface area contributed by atoms with Gasteiger partial charge < -0.3 is 15.0 Å². The molecule has 0 unspecified atom stereocenters. The molecule has 1 amide bonds. The second kappa shape index (κ2) is 6.91. The van der Waals surface area contributed by atoms with Crippen LogP contribution in [0, 0.1) is 5.92 Å². The number of hydrogen-bond acceptors (Lipinski definition) is 3. The summed E-state index contributed by atoms with van der Waals surface area (Å²) in [7, 11) is 0. The smallest absolute Gasteiger partial charge is 0.227 e. The molecule has 0 aromatic heterocycles. The molecule has 0 bridgehead atoms. The molecule has 1 N–H and O–H groups in total. The number of nitrogens with one attached hydrogen (secondary N) is 1. The van der Waals surface area contributed by atoms with Gasteiger partial charge in [-0.2, -0.15) is 0 Å². The molecule has 1 aromatic rings. The Kier molecular flexibility index (Phi) is 4.90. The Morgan fingerprint density at radius 3 is 2.52 bits per heavy atom. The van der Waals surface area contributed by atoms with E-state index < -0.39 is 0 Å². The minimum atomic E-state index is 0.00507. The summed E-state index contributed by atoms with van der Waals surface area (Å²) in [6.07, 6.45) is 5.71. The van der Waals surface area contributed by atoms with E-state index in [4.69, 9.17) is 4.74 Å². The summed E-state index contributed by atoms with van der Waals surface area (Å²) in [4.78, 5) is 14.7. The van der Waals surface area contributed by atoms with E-state index in [9.17, 15) is 4.79 Å². The maximum absolute atomic E-state index is 12.3. The van der Waals surface area contributed by atoms with Gasteiger partial charge in [0.05, 0.1) is 18.8 Å². The zero-order chi connectivity index (χ0) is 16.3. The van der Waals surface area contributed by atoms with Crippen LogP contribution in [0.25, 0.3) is 0 Å². The Hall–Kier alpha value is -1.55. The first-order chi connectivity index (χ1) is 11.1. The van der Waals surface area contributed by atoms with Gasteiger partial charge in [-0.15, -0.1) is 0 Å². The molecule has 23 heavy (non-hydrogen) atoms. The predicted octanol–water partition coefficient (Wildman–Crippen LogP) is 3.82. The van der Waals surface area contributed by atoms with Gasteiger partial charge in [-0.05, 0) is 51.0 Å². The number of morpholine rings is 1. The molecule has 1 heterocycles. The number of carbonyl (C=O) groups is 1. The van der Waals surface area contributed by atoms with Crippen molar-refractivity contribution in [1.29, 1.82) is 0 Å². The van der Waals surface area contributed by atoms with Gasteiger partial charge in [-0.25, -0.2) is 0 Å². The van der Waals surface area contributed by atoms with Gasteiger partial charge in [0.2, 0.25) is 5.91 Å². The monoisotopic (exact) mass is 316 g/mol. The molecule has 1 saturated carbocycles. The number of ether oxygens (including phenoxy) is 1. The molecule has 2 fully saturated rings. The highest BCUT2D eigenvalue weighted by Crippen LogP contribution is 2.29. The molecule has 1 aliphatic heterocycles. The van der Waals surface area contributed by atoms with E-state index in [1.165, 1.54) is 24.9 Å². The third kappa shape index (κ3) is 3.86. The van der Waals surface area contributed by atoms with Gasteiger partial charge in [0.1, 0.15) is 0 Å². The summed E-state index contributed by atoms with van der Waals surface area (Å²) in [6.45, 7) is 6.81. The maximum atomic E-state index is 12.3. The van der Waals surface area contributed by atoms with Crippen LogP contribution in [-0.4, -0.2) is 31.2 Å². The number of nitrogens with zero attached hydrogens (tertiary/aromatic N) is 1. The van der Waals surface area contributed by atoms with Crippen LogP contribution in [0.4, 0.5) is 11.4 Å². The van der Waals surface area contributed by atoms with Crippen molar-refractivity contribution in [2.24, 2.45) is 5.92 Å². The summed E-state index contributed by atoms with van der Waals surface area (Å²) in [5, 5.41) is 3.08. The van der Waals surface area contributed by atoms with Gasteiger partial charge in [0.15, 0.2) is 0 Å². The van der Waals surface area contributed by atoms with Crippen LogP contribution < -0.4 is 10.2 Å². The molecule has 126 valence electrons. The second-order valence-corrected chi connectivity index (χ2v) is 7.39. The third-order valence-electron chi connectivity index (χ3n) is 5.07. The fourth-order valence-corrected chi connectivity index (χ4v) is 3.67. The first-order valence-corrected chi connectivity index (χ1v) is 8.83. The third-order valence-corrected chi connectivity index (χ3v) is 5.07. The van der Waals surface area contributed by atoms with E-state index in [0.717, 1.165) is 38.3 Å². The number of anilines is 2. The molecule has 3 rings (SSSR count). The van der Waals surface area contributed by atoms with Crippen LogP contribution in [0.15, 0.2) is 24.3 Å². The minimum absolute atomic E-state index is 0.00507. The van der Waals surface area contributed by atoms with Crippen molar-refractivity contribution in [3.05, 3.63) is 24.3 Å². The van der Waals surface area contributed by atoms with Gasteiger partial charge in [-0.1, -0.05) is 19.3 Å². The lowest BCUT2D eigenvalue weighted by Crippen LogP contribution is -2.53. The topological polar surface area (TPSA) is 41.6 Å². The number of rotatable bonds is 3. The van der Waals surface area contributed by atoms with E-state index in [-0.39, 0.29) is 17.4 Å². The number of amides is 1. The number of benzene rings is 1. The summed E-state index contributed by atoms with van der Waals surface area (Å²) in [6, 6.07) is 8.23. The molecular formula is C19H28N2O2. The Morgan fingerprint density at radius 2 is 1.87 bits per heavy atom. The quantitative estimate of drug-likeness (QED) is 0.921. The van der Waals surface area contributed by atoms with Crippen molar-refractivity contribution in [3.8, 4) is 0 Å². The van der Waals surface area contributed by atoms with Crippen molar-refractivity contribution >= 4 is 17.3 Å². The average Bonchev–Trinajstić information content (AvgIpc) is 2.56. The van der Waals surface area contributed by atoms with Gasteiger partial charge in [0.25, 0.3) is 0 Å². The second-order valence-electron chi connectivity index (χ2n) is 7.39. The number of carbonyl (C=O) groups excluding carboxylic acids is 1. The lowest BCUT2D eigenvalue weighted by molar-refractivity contribution is -0.120.